The first kappa shape index (κ1) is 25.0. The second kappa shape index (κ2) is 14.0. The topological polar surface area (TPSA) is 157 Å². The summed E-state index contributed by atoms with van der Waals surface area (Å²) in [6, 6.07) is 10.6. The predicted octanol–water partition coefficient (Wildman–Crippen LogP) is -2.27. The van der Waals surface area contributed by atoms with Crippen molar-refractivity contribution < 1.29 is 34.5 Å². The summed E-state index contributed by atoms with van der Waals surface area (Å²) in [5.74, 6) is -2.88. The quantitative estimate of drug-likeness (QED) is 0.531. The summed E-state index contributed by atoms with van der Waals surface area (Å²) in [6.45, 7) is -0.680. The Morgan fingerprint density at radius 2 is 1.27 bits per heavy atom. The fourth-order valence-corrected chi connectivity index (χ4v) is 1.13. The van der Waals surface area contributed by atoms with Crippen molar-refractivity contribution in [1.82, 2.24) is 6.15 Å². The van der Waals surface area contributed by atoms with Crippen molar-refractivity contribution in [3.8, 4) is 0 Å². The van der Waals surface area contributed by atoms with Gasteiger partial charge in [-0.15, -0.1) is 0 Å². The number of carbonyl (C=O) groups is 2. The van der Waals surface area contributed by atoms with E-state index in [1.807, 2.05) is 0 Å². The lowest BCUT2D eigenvalue weighted by Gasteiger charge is -2.23. The average molecular weight is 318 g/mol. The van der Waals surface area contributed by atoms with E-state index in [-0.39, 0.29) is 6.15 Å². The van der Waals surface area contributed by atoms with Crippen molar-refractivity contribution in [2.45, 2.75) is 6.54 Å². The minimum atomic E-state index is -1.44. The van der Waals surface area contributed by atoms with Gasteiger partial charge in [0.15, 0.2) is 0 Å². The fourth-order valence-electron chi connectivity index (χ4n) is 1.13. The lowest BCUT2D eigenvalue weighted by atomic mass is 10.2. The third kappa shape index (κ3) is 23.1. The number of nitrogens with zero attached hydrogens (tertiary/aromatic N) is 1. The summed E-state index contributed by atoms with van der Waals surface area (Å²) in [4.78, 5) is 18.0. The number of hydrogen-bond donors (Lipinski definition) is 3. The molecule has 8 nitrogen and oxygen atoms in total. The van der Waals surface area contributed by atoms with Gasteiger partial charge in [0.05, 0.1) is 46.3 Å². The molecule has 1 aromatic carbocycles. The number of aliphatic hydroxyl groups is 2. The number of carboxylic acids is 2. The van der Waals surface area contributed by atoms with Crippen molar-refractivity contribution in [3.63, 3.8) is 0 Å². The lowest BCUT2D eigenvalue weighted by Crippen LogP contribution is -2.33. The van der Waals surface area contributed by atoms with Crippen LogP contribution in [-0.2, 0) is 16.1 Å². The molecule has 6 N–H and O–H groups in total. The molecule has 8 heteroatoms. The van der Waals surface area contributed by atoms with Gasteiger partial charge in [-0.05, 0) is 0 Å². The first-order chi connectivity index (χ1) is 9.62. The van der Waals surface area contributed by atoms with E-state index >= 15 is 0 Å². The van der Waals surface area contributed by atoms with E-state index in [0.717, 1.165) is 11.0 Å². The van der Waals surface area contributed by atoms with Crippen LogP contribution in [0.5, 0.6) is 0 Å². The van der Waals surface area contributed by atoms with Crippen LogP contribution in [0.1, 0.15) is 5.56 Å². The van der Waals surface area contributed by atoms with Gasteiger partial charge in [0.25, 0.3) is 0 Å². The number of benzene rings is 1. The summed E-state index contributed by atoms with van der Waals surface area (Å²) in [5.41, 5.74) is 1.40. The summed E-state index contributed by atoms with van der Waals surface area (Å²) in [7, 11) is 6.60. The third-order valence-corrected chi connectivity index (χ3v) is 1.76. The SMILES string of the molecule is C[N+](C)(C)Cc1ccccc1.O=C([O-])CO.O=C([O-])CO.[NH4+]. The predicted molar refractivity (Wildman–Crippen MR) is 78.3 cm³/mol. The Bertz CT molecular complexity index is 390. The van der Waals surface area contributed by atoms with Crippen LogP contribution >= 0.6 is 0 Å². The minimum absolute atomic E-state index is 0. The maximum atomic E-state index is 9.01. The second-order valence-corrected chi connectivity index (χ2v) is 4.99. The molecule has 128 valence electrons. The molecule has 0 saturated heterocycles. The minimum Gasteiger partial charge on any atom is -0.548 e. The standard InChI is InChI=1S/C10H16N.2C2H4O3.H3N/c1-11(2,3)9-10-7-5-4-6-8-10;2*3-1-2(4)5;/h4-8H,9H2,1-3H3;2*3H,1H2,(H,4,5);1H3/q+1;;;/p-1. The lowest BCUT2D eigenvalue weighted by molar-refractivity contribution is -0.884. The molecule has 0 bridgehead atoms. The molecule has 0 saturated carbocycles. The highest BCUT2D eigenvalue weighted by atomic mass is 16.4. The van der Waals surface area contributed by atoms with Gasteiger partial charge < -0.3 is 40.6 Å². The number of aliphatic carboxylic acids is 2. The molecule has 1 aromatic rings. The van der Waals surface area contributed by atoms with Gasteiger partial charge >= 0.3 is 0 Å². The number of carboxylic acid groups (broad SMARTS) is 2. The van der Waals surface area contributed by atoms with Crippen molar-refractivity contribution in [3.05, 3.63) is 35.9 Å². The molecular formula is C14H26N2O6. The van der Waals surface area contributed by atoms with Gasteiger partial charge in [0, 0.05) is 5.56 Å². The summed E-state index contributed by atoms with van der Waals surface area (Å²) in [6.07, 6.45) is 0. The molecule has 1 rings (SSSR count). The number of rotatable bonds is 4. The van der Waals surface area contributed by atoms with Crippen molar-refractivity contribution >= 4 is 11.9 Å². The van der Waals surface area contributed by atoms with Crippen LogP contribution in [0.25, 0.3) is 0 Å². The molecule has 22 heavy (non-hydrogen) atoms. The van der Waals surface area contributed by atoms with E-state index < -0.39 is 25.2 Å². The highest BCUT2D eigenvalue weighted by molar-refractivity contribution is 5.65. The van der Waals surface area contributed by atoms with Gasteiger partial charge in [0.1, 0.15) is 6.54 Å². The van der Waals surface area contributed by atoms with Gasteiger partial charge in [-0.1, -0.05) is 30.3 Å². The highest BCUT2D eigenvalue weighted by Crippen LogP contribution is 2.05. The zero-order chi connectivity index (χ0) is 16.9. The van der Waals surface area contributed by atoms with E-state index in [4.69, 9.17) is 30.0 Å². The molecule has 0 radical (unpaired) electrons. The molecule has 0 fully saturated rings. The van der Waals surface area contributed by atoms with Gasteiger partial charge in [-0.3, -0.25) is 0 Å². The van der Waals surface area contributed by atoms with E-state index in [1.165, 1.54) is 5.56 Å². The Morgan fingerprint density at radius 3 is 1.50 bits per heavy atom. The molecule has 0 aromatic heterocycles. The van der Waals surface area contributed by atoms with Crippen LogP contribution in [0, 0.1) is 0 Å². The van der Waals surface area contributed by atoms with Crippen LogP contribution < -0.4 is 16.4 Å². The van der Waals surface area contributed by atoms with Crippen LogP contribution in [0.2, 0.25) is 0 Å². The molecule has 0 aliphatic rings. The first-order valence-electron chi connectivity index (χ1n) is 6.08. The smallest absolute Gasteiger partial charge is 0.104 e. The van der Waals surface area contributed by atoms with Crippen LogP contribution in [0.15, 0.2) is 30.3 Å². The van der Waals surface area contributed by atoms with E-state index in [9.17, 15) is 0 Å². The van der Waals surface area contributed by atoms with Crippen LogP contribution in [0.3, 0.4) is 0 Å². The zero-order valence-electron chi connectivity index (χ0n) is 13.5. The van der Waals surface area contributed by atoms with E-state index in [1.54, 1.807) is 0 Å². The molecule has 0 unspecified atom stereocenters. The van der Waals surface area contributed by atoms with Crippen molar-refractivity contribution in [2.24, 2.45) is 0 Å². The summed E-state index contributed by atoms with van der Waals surface area (Å²) >= 11 is 0. The first-order valence-corrected chi connectivity index (χ1v) is 6.08. The maximum Gasteiger partial charge on any atom is 0.104 e. The largest absolute Gasteiger partial charge is 0.548 e. The molecule has 0 spiro atoms. The monoisotopic (exact) mass is 318 g/mol. The summed E-state index contributed by atoms with van der Waals surface area (Å²) < 4.78 is 0.990. The molecule has 0 heterocycles. The van der Waals surface area contributed by atoms with Crippen LogP contribution in [0.4, 0.5) is 0 Å². The number of hydrogen-bond acceptors (Lipinski definition) is 6. The molecule has 0 amide bonds. The maximum absolute atomic E-state index is 9.01. The Morgan fingerprint density at radius 1 is 0.955 bits per heavy atom. The molecule has 0 aliphatic heterocycles. The summed E-state index contributed by atoms with van der Waals surface area (Å²) in [5, 5.41) is 33.0. The number of carbonyl (C=O) groups excluding carboxylic acids is 2. The van der Waals surface area contributed by atoms with E-state index in [2.05, 4.69) is 51.5 Å². The second-order valence-electron chi connectivity index (χ2n) is 4.99. The van der Waals surface area contributed by atoms with Crippen molar-refractivity contribution in [2.75, 3.05) is 34.4 Å². The molecular weight excluding hydrogens is 292 g/mol. The van der Waals surface area contributed by atoms with Gasteiger partial charge in [0.2, 0.25) is 0 Å². The molecule has 0 aliphatic carbocycles. The normalized spacial score (nSPS) is 9.14. The van der Waals surface area contributed by atoms with Crippen LogP contribution in [-0.4, -0.2) is 61.0 Å². The Kier molecular flexibility index (Phi) is 15.9. The Balaban J connectivity index is -0.000000279. The number of aliphatic hydroxyl groups excluding tert-OH is 2. The average Bonchev–Trinajstić information content (AvgIpc) is 2.39. The fraction of sp³-hybridized carbons (Fsp3) is 0.429. The number of quaternary nitrogens is 2. The Labute approximate surface area is 130 Å². The highest BCUT2D eigenvalue weighted by Gasteiger charge is 2.06. The zero-order valence-corrected chi connectivity index (χ0v) is 13.5. The van der Waals surface area contributed by atoms with E-state index in [0.29, 0.717) is 0 Å². The third-order valence-electron chi connectivity index (χ3n) is 1.76. The molecule has 0 atom stereocenters. The van der Waals surface area contributed by atoms with Gasteiger partial charge in [-0.2, -0.15) is 0 Å². The van der Waals surface area contributed by atoms with Gasteiger partial charge in [-0.25, -0.2) is 0 Å². The Hall–Kier alpha value is -2.00. The van der Waals surface area contributed by atoms with Crippen molar-refractivity contribution in [1.29, 1.82) is 0 Å².